The minimum atomic E-state index is -3.00. The van der Waals surface area contributed by atoms with Crippen LogP contribution in [0.25, 0.3) is 0 Å². The number of nitrogens with one attached hydrogen (secondary N) is 2. The third-order valence-corrected chi connectivity index (χ3v) is 5.40. The summed E-state index contributed by atoms with van der Waals surface area (Å²) in [5.74, 6) is -3.03. The molecular formula is C11H17N3O6S. The van der Waals surface area contributed by atoms with Gasteiger partial charge in [-0.05, 0) is 12.8 Å². The lowest BCUT2D eigenvalue weighted by molar-refractivity contribution is -0.178. The molecule has 2 fully saturated rings. The SMILES string of the molecule is NC(CC[C@@H]1SC[C@@H]2NC(=O)N[C@@H]21)C(O)(C(=O)O)C(=O)O. The zero-order chi connectivity index (χ0) is 15.8. The van der Waals surface area contributed by atoms with Gasteiger partial charge in [-0.25, -0.2) is 14.4 Å². The Balaban J connectivity index is 1.95. The largest absolute Gasteiger partial charge is 0.479 e. The average molecular weight is 319 g/mol. The van der Waals surface area contributed by atoms with Crippen LogP contribution in [-0.2, 0) is 9.59 Å². The number of carbonyl (C=O) groups is 3. The van der Waals surface area contributed by atoms with E-state index in [1.807, 2.05) is 0 Å². The van der Waals surface area contributed by atoms with Crippen molar-refractivity contribution in [2.75, 3.05) is 5.75 Å². The van der Waals surface area contributed by atoms with Crippen LogP contribution in [0.1, 0.15) is 12.8 Å². The Morgan fingerprint density at radius 2 is 2.00 bits per heavy atom. The van der Waals surface area contributed by atoms with Crippen LogP contribution < -0.4 is 16.4 Å². The van der Waals surface area contributed by atoms with E-state index in [9.17, 15) is 19.5 Å². The van der Waals surface area contributed by atoms with E-state index in [0.29, 0.717) is 6.42 Å². The molecular weight excluding hydrogens is 302 g/mol. The Morgan fingerprint density at radius 1 is 1.38 bits per heavy atom. The van der Waals surface area contributed by atoms with Crippen LogP contribution in [-0.4, -0.2) is 68.0 Å². The van der Waals surface area contributed by atoms with Crippen molar-refractivity contribution in [2.45, 2.75) is 41.8 Å². The van der Waals surface area contributed by atoms with Crippen LogP contribution in [0.15, 0.2) is 0 Å². The molecule has 2 amide bonds. The van der Waals surface area contributed by atoms with Crippen molar-refractivity contribution in [3.05, 3.63) is 0 Å². The lowest BCUT2D eigenvalue weighted by Gasteiger charge is -2.27. The second kappa shape index (κ2) is 5.70. The van der Waals surface area contributed by atoms with Crippen LogP contribution >= 0.6 is 11.8 Å². The summed E-state index contributed by atoms with van der Waals surface area (Å²) >= 11 is 1.60. The van der Waals surface area contributed by atoms with Gasteiger partial charge in [0.05, 0.1) is 18.1 Å². The van der Waals surface area contributed by atoms with Crippen molar-refractivity contribution in [1.29, 1.82) is 0 Å². The molecule has 2 saturated heterocycles. The second-order valence-electron chi connectivity index (χ2n) is 5.18. The number of rotatable bonds is 6. The van der Waals surface area contributed by atoms with Crippen molar-refractivity contribution in [1.82, 2.24) is 10.6 Å². The summed E-state index contributed by atoms with van der Waals surface area (Å²) in [4.78, 5) is 33.1. The molecule has 0 radical (unpaired) electrons. The van der Waals surface area contributed by atoms with Gasteiger partial charge in [0.1, 0.15) is 0 Å². The summed E-state index contributed by atoms with van der Waals surface area (Å²) in [5.41, 5.74) is 2.57. The Labute approximate surface area is 124 Å². The van der Waals surface area contributed by atoms with Crippen LogP contribution in [0.5, 0.6) is 0 Å². The Kier molecular flexibility index (Phi) is 4.30. The van der Waals surface area contributed by atoms with Gasteiger partial charge in [0.2, 0.25) is 0 Å². The van der Waals surface area contributed by atoms with Crippen molar-refractivity contribution >= 4 is 29.7 Å². The monoisotopic (exact) mass is 319 g/mol. The molecule has 118 valence electrons. The third-order valence-electron chi connectivity index (χ3n) is 3.89. The van der Waals surface area contributed by atoms with Gasteiger partial charge in [-0.3, -0.25) is 0 Å². The number of hydrogen-bond acceptors (Lipinski definition) is 6. The molecule has 4 atom stereocenters. The maximum atomic E-state index is 11.2. The lowest BCUT2D eigenvalue weighted by Crippen LogP contribution is -2.59. The highest BCUT2D eigenvalue weighted by atomic mass is 32.2. The molecule has 0 bridgehead atoms. The summed E-state index contributed by atoms with van der Waals surface area (Å²) in [6, 6.07) is -1.75. The summed E-state index contributed by atoms with van der Waals surface area (Å²) in [5, 5.41) is 33.0. The lowest BCUT2D eigenvalue weighted by atomic mass is 9.90. The number of aliphatic hydroxyl groups is 1. The summed E-state index contributed by atoms with van der Waals surface area (Å²) < 4.78 is 0. The van der Waals surface area contributed by atoms with Gasteiger partial charge in [-0.1, -0.05) is 0 Å². The molecule has 21 heavy (non-hydrogen) atoms. The van der Waals surface area contributed by atoms with Crippen molar-refractivity contribution < 1.29 is 29.7 Å². The van der Waals surface area contributed by atoms with E-state index in [0.717, 1.165) is 5.75 Å². The van der Waals surface area contributed by atoms with Crippen LogP contribution in [0.3, 0.4) is 0 Å². The number of carbonyl (C=O) groups excluding carboxylic acids is 1. The first kappa shape index (κ1) is 15.9. The van der Waals surface area contributed by atoms with Crippen LogP contribution in [0.2, 0.25) is 0 Å². The molecule has 1 unspecified atom stereocenters. The normalized spacial score (nSPS) is 29.4. The van der Waals surface area contributed by atoms with Crippen LogP contribution in [0, 0.1) is 0 Å². The fourth-order valence-corrected chi connectivity index (χ4v) is 4.12. The van der Waals surface area contributed by atoms with Gasteiger partial charge in [0.15, 0.2) is 0 Å². The van der Waals surface area contributed by atoms with E-state index in [1.165, 1.54) is 0 Å². The Bertz CT molecular complexity index is 459. The molecule has 2 aliphatic heterocycles. The van der Waals surface area contributed by atoms with E-state index in [2.05, 4.69) is 10.6 Å². The molecule has 7 N–H and O–H groups in total. The first-order valence-electron chi connectivity index (χ1n) is 6.40. The molecule has 0 aromatic heterocycles. The first-order chi connectivity index (χ1) is 9.76. The number of urea groups is 1. The number of aliphatic carboxylic acids is 2. The fourth-order valence-electron chi connectivity index (χ4n) is 2.60. The predicted molar refractivity (Wildman–Crippen MR) is 72.9 cm³/mol. The molecule has 0 aliphatic carbocycles. The smallest absolute Gasteiger partial charge is 0.349 e. The number of nitrogens with two attached hydrogens (primary N) is 1. The maximum absolute atomic E-state index is 11.2. The predicted octanol–water partition coefficient (Wildman–Crippen LogP) is -1.84. The van der Waals surface area contributed by atoms with Crippen molar-refractivity contribution in [3.8, 4) is 0 Å². The summed E-state index contributed by atoms with van der Waals surface area (Å²) in [6.45, 7) is 0. The maximum Gasteiger partial charge on any atom is 0.349 e. The minimum absolute atomic E-state index is 0.00633. The molecule has 0 aromatic carbocycles. The van der Waals surface area contributed by atoms with E-state index >= 15 is 0 Å². The zero-order valence-corrected chi connectivity index (χ0v) is 11.8. The van der Waals surface area contributed by atoms with Gasteiger partial charge in [0, 0.05) is 11.0 Å². The Hall–Kier alpha value is -1.52. The number of carboxylic acids is 2. The minimum Gasteiger partial charge on any atom is -0.479 e. The third kappa shape index (κ3) is 2.78. The summed E-state index contributed by atoms with van der Waals surface area (Å²) in [7, 11) is 0. The van der Waals surface area contributed by atoms with E-state index in [1.54, 1.807) is 11.8 Å². The van der Waals surface area contributed by atoms with E-state index in [4.69, 9.17) is 15.9 Å². The number of amides is 2. The van der Waals surface area contributed by atoms with Crippen molar-refractivity contribution in [2.24, 2.45) is 5.73 Å². The average Bonchev–Trinajstić information content (AvgIpc) is 2.93. The Morgan fingerprint density at radius 3 is 2.57 bits per heavy atom. The highest BCUT2D eigenvalue weighted by molar-refractivity contribution is 8.00. The molecule has 2 rings (SSSR count). The second-order valence-corrected chi connectivity index (χ2v) is 6.45. The van der Waals surface area contributed by atoms with Crippen LogP contribution in [0.4, 0.5) is 4.79 Å². The quantitative estimate of drug-likeness (QED) is 0.246. The highest BCUT2D eigenvalue weighted by Crippen LogP contribution is 2.33. The fraction of sp³-hybridized carbons (Fsp3) is 0.727. The van der Waals surface area contributed by atoms with Gasteiger partial charge in [-0.15, -0.1) is 0 Å². The van der Waals surface area contributed by atoms with Gasteiger partial charge in [-0.2, -0.15) is 11.8 Å². The standard InChI is InChI=1S/C11H17N3O6S/c12-6(11(20,8(15)16)9(17)18)2-1-5-7-4(3-21-5)13-10(19)14-7/h4-7,20H,1-3,12H2,(H,15,16)(H,17,18)(H2,13,14,19)/t4-,5-,6?,7-/m0/s1. The molecule has 9 nitrogen and oxygen atoms in total. The number of thioether (sulfide) groups is 1. The molecule has 2 heterocycles. The molecule has 2 aliphatic rings. The highest BCUT2D eigenvalue weighted by Gasteiger charge is 2.51. The van der Waals surface area contributed by atoms with Gasteiger partial charge < -0.3 is 31.7 Å². The van der Waals surface area contributed by atoms with E-state index in [-0.39, 0.29) is 29.8 Å². The van der Waals surface area contributed by atoms with E-state index < -0.39 is 23.6 Å². The van der Waals surface area contributed by atoms with Gasteiger partial charge in [0.25, 0.3) is 5.60 Å². The van der Waals surface area contributed by atoms with Crippen molar-refractivity contribution in [3.63, 3.8) is 0 Å². The van der Waals surface area contributed by atoms with Gasteiger partial charge >= 0.3 is 18.0 Å². The molecule has 0 spiro atoms. The molecule has 10 heteroatoms. The first-order valence-corrected chi connectivity index (χ1v) is 7.45. The topological polar surface area (TPSA) is 162 Å². The molecule has 0 aromatic rings. The summed E-state index contributed by atoms with van der Waals surface area (Å²) in [6.07, 6.45) is 0.420. The number of carboxylic acid groups (broad SMARTS) is 2. The number of hydrogen-bond donors (Lipinski definition) is 6. The zero-order valence-electron chi connectivity index (χ0n) is 11.0. The number of fused-ring (bicyclic) bond motifs is 1. The molecule has 0 saturated carbocycles.